The molecule has 8 nitrogen and oxygen atoms in total. The third kappa shape index (κ3) is 18.4. The first kappa shape index (κ1) is 26.3. The van der Waals surface area contributed by atoms with Crippen LogP contribution in [0.5, 0.6) is 0 Å². The van der Waals surface area contributed by atoms with Crippen LogP contribution in [-0.2, 0) is 28.7 Å². The fraction of sp³-hybridized carbons (Fsp3) is 0.667. The molecule has 8 heteroatoms. The number of rotatable bonds is 6. The van der Waals surface area contributed by atoms with Gasteiger partial charge in [0.05, 0.1) is 13.2 Å². The Kier molecular flexibility index (Phi) is 21.4. The third-order valence-corrected chi connectivity index (χ3v) is 2.96. The molecule has 2 aliphatic heterocycles. The molecule has 2 heterocycles. The summed E-state index contributed by atoms with van der Waals surface area (Å²) in [5, 5.41) is 12.1. The fourth-order valence-corrected chi connectivity index (χ4v) is 1.73. The van der Waals surface area contributed by atoms with Crippen LogP contribution in [-0.4, -0.2) is 62.5 Å². The smallest absolute Gasteiger partial charge is 0.333 e. The first-order valence-corrected chi connectivity index (χ1v) is 8.77. The van der Waals surface area contributed by atoms with Gasteiger partial charge in [-0.15, -0.1) is 0 Å². The average molecular weight is 373 g/mol. The molecule has 150 valence electrons. The van der Waals surface area contributed by atoms with Gasteiger partial charge in [-0.05, 0) is 12.8 Å². The number of carbonyl (C=O) groups excluding carboxylic acids is 4. The van der Waals surface area contributed by atoms with Crippen molar-refractivity contribution in [3.05, 3.63) is 11.6 Å². The van der Waals surface area contributed by atoms with Gasteiger partial charge in [-0.3, -0.25) is 9.59 Å². The van der Waals surface area contributed by atoms with E-state index in [4.69, 9.17) is 19.4 Å². The topological polar surface area (TPSA) is 119 Å². The van der Waals surface area contributed by atoms with Crippen LogP contribution in [0.25, 0.3) is 0 Å². The Morgan fingerprint density at radius 2 is 1.77 bits per heavy atom. The first-order valence-electron chi connectivity index (χ1n) is 8.77. The van der Waals surface area contributed by atoms with Crippen molar-refractivity contribution in [2.45, 2.75) is 52.2 Å². The molecule has 1 atom stereocenters. The summed E-state index contributed by atoms with van der Waals surface area (Å²) >= 11 is 0. The Morgan fingerprint density at radius 1 is 1.15 bits per heavy atom. The fourth-order valence-electron chi connectivity index (χ4n) is 1.73. The molecule has 0 saturated carbocycles. The van der Waals surface area contributed by atoms with E-state index < -0.39 is 12.3 Å². The molecule has 0 aromatic rings. The van der Waals surface area contributed by atoms with Crippen LogP contribution in [0.4, 0.5) is 0 Å². The standard InChI is InChI=1S/C7H10O3.C5H10O.C4H9NO.C2H2O2/c1-2-3-5-4-6(8)10-7(5)9;1-2-3-4-5-6;1-3-6-4-2-5-1;3-1-2-4/h4,7,9H,2-3H2,1H3;5H,2-4H2,1H3;5H,1-4H2;1-2H. The molecule has 2 rings (SSSR count). The lowest BCUT2D eigenvalue weighted by Crippen LogP contribution is -2.30. The highest BCUT2D eigenvalue weighted by Crippen LogP contribution is 2.17. The molecule has 0 spiro atoms. The van der Waals surface area contributed by atoms with E-state index in [1.807, 2.05) is 6.92 Å². The number of aliphatic hydroxyl groups is 1. The average Bonchev–Trinajstić information content (AvgIpc) is 3.00. The number of esters is 1. The number of aldehydes is 3. The minimum Gasteiger partial charge on any atom is -0.429 e. The molecular weight excluding hydrogens is 342 g/mol. The van der Waals surface area contributed by atoms with Crippen molar-refractivity contribution in [1.29, 1.82) is 0 Å². The second-order valence-corrected chi connectivity index (χ2v) is 5.20. The normalized spacial score (nSPS) is 17.6. The van der Waals surface area contributed by atoms with E-state index in [1.165, 1.54) is 6.08 Å². The number of unbranched alkanes of at least 4 members (excludes halogenated alkanes) is 2. The molecule has 0 amide bonds. The monoisotopic (exact) mass is 373 g/mol. The Morgan fingerprint density at radius 3 is 2.00 bits per heavy atom. The second-order valence-electron chi connectivity index (χ2n) is 5.20. The van der Waals surface area contributed by atoms with Crippen LogP contribution < -0.4 is 5.32 Å². The van der Waals surface area contributed by atoms with Gasteiger partial charge in [0.1, 0.15) is 6.29 Å². The lowest BCUT2D eigenvalue weighted by atomic mass is 10.1. The number of cyclic esters (lactones) is 1. The summed E-state index contributed by atoms with van der Waals surface area (Å²) in [4.78, 5) is 37.7. The zero-order valence-corrected chi connectivity index (χ0v) is 15.6. The van der Waals surface area contributed by atoms with Crippen molar-refractivity contribution in [3.8, 4) is 0 Å². The van der Waals surface area contributed by atoms with Gasteiger partial charge in [0.15, 0.2) is 12.6 Å². The van der Waals surface area contributed by atoms with Crippen molar-refractivity contribution in [3.63, 3.8) is 0 Å². The summed E-state index contributed by atoms with van der Waals surface area (Å²) in [6.07, 6.45) is 6.27. The van der Waals surface area contributed by atoms with Gasteiger partial charge in [0.25, 0.3) is 0 Å². The van der Waals surface area contributed by atoms with Crippen molar-refractivity contribution in [2.75, 3.05) is 26.3 Å². The van der Waals surface area contributed by atoms with Crippen LogP contribution in [0.2, 0.25) is 0 Å². The second kappa shape index (κ2) is 21.1. The maximum absolute atomic E-state index is 10.5. The van der Waals surface area contributed by atoms with Crippen molar-refractivity contribution in [2.24, 2.45) is 0 Å². The third-order valence-electron chi connectivity index (χ3n) is 2.96. The lowest BCUT2D eigenvalue weighted by Gasteiger charge is -2.10. The van der Waals surface area contributed by atoms with E-state index in [-0.39, 0.29) is 12.6 Å². The molecule has 2 aliphatic rings. The highest BCUT2D eigenvalue weighted by Gasteiger charge is 2.22. The van der Waals surface area contributed by atoms with Crippen LogP contribution in [0.15, 0.2) is 11.6 Å². The summed E-state index contributed by atoms with van der Waals surface area (Å²) in [6.45, 7) is 7.89. The number of ether oxygens (including phenoxy) is 2. The Hall–Kier alpha value is -1.90. The van der Waals surface area contributed by atoms with Crippen molar-refractivity contribution in [1.82, 2.24) is 5.32 Å². The number of hydrogen-bond acceptors (Lipinski definition) is 8. The summed E-state index contributed by atoms with van der Waals surface area (Å²) in [7, 11) is 0. The van der Waals surface area contributed by atoms with E-state index >= 15 is 0 Å². The molecule has 1 fully saturated rings. The summed E-state index contributed by atoms with van der Waals surface area (Å²) < 4.78 is 9.46. The highest BCUT2D eigenvalue weighted by molar-refractivity contribution is 6.09. The molecule has 1 unspecified atom stereocenters. The summed E-state index contributed by atoms with van der Waals surface area (Å²) in [5.74, 6) is -0.434. The van der Waals surface area contributed by atoms with Crippen LogP contribution in [0.3, 0.4) is 0 Å². The van der Waals surface area contributed by atoms with Crippen molar-refractivity contribution >= 4 is 24.8 Å². The maximum atomic E-state index is 10.5. The van der Waals surface area contributed by atoms with Gasteiger partial charge < -0.3 is 24.7 Å². The Bertz CT molecular complexity index is 389. The highest BCUT2D eigenvalue weighted by atomic mass is 16.6. The van der Waals surface area contributed by atoms with E-state index in [1.54, 1.807) is 0 Å². The van der Waals surface area contributed by atoms with Crippen molar-refractivity contribution < 1.29 is 33.8 Å². The minimum atomic E-state index is -0.979. The number of nitrogens with one attached hydrogen (secondary N) is 1. The van der Waals surface area contributed by atoms with E-state index in [2.05, 4.69) is 17.0 Å². The largest absolute Gasteiger partial charge is 0.429 e. The molecule has 0 aliphatic carbocycles. The van der Waals surface area contributed by atoms with Gasteiger partial charge in [-0.25, -0.2) is 4.79 Å². The zero-order chi connectivity index (χ0) is 20.0. The SMILES string of the molecule is C1COCCN1.CCCC1=CC(=O)OC1O.CCCCC=O.O=CC=O. The quantitative estimate of drug-likeness (QED) is 0.306. The van der Waals surface area contributed by atoms with E-state index in [0.717, 1.165) is 64.7 Å². The summed E-state index contributed by atoms with van der Waals surface area (Å²) in [6, 6.07) is 0. The van der Waals surface area contributed by atoms with Gasteiger partial charge in [-0.1, -0.05) is 26.7 Å². The lowest BCUT2D eigenvalue weighted by molar-refractivity contribution is -0.151. The first-order chi connectivity index (χ1) is 12.6. The molecule has 1 saturated heterocycles. The zero-order valence-electron chi connectivity index (χ0n) is 15.6. The predicted molar refractivity (Wildman–Crippen MR) is 96.5 cm³/mol. The number of morpholine rings is 1. The minimum absolute atomic E-state index is 0.194. The maximum Gasteiger partial charge on any atom is 0.333 e. The van der Waals surface area contributed by atoms with Gasteiger partial charge in [0, 0.05) is 31.2 Å². The van der Waals surface area contributed by atoms with Gasteiger partial charge in [0.2, 0.25) is 6.29 Å². The number of aliphatic hydroxyl groups excluding tert-OH is 1. The van der Waals surface area contributed by atoms with Gasteiger partial charge in [-0.2, -0.15) is 0 Å². The van der Waals surface area contributed by atoms with Crippen LogP contribution in [0, 0.1) is 0 Å². The number of carbonyl (C=O) groups is 4. The van der Waals surface area contributed by atoms with Gasteiger partial charge >= 0.3 is 5.97 Å². The summed E-state index contributed by atoms with van der Waals surface area (Å²) in [5.41, 5.74) is 0.688. The molecular formula is C18H31NO7. The Labute approximate surface area is 154 Å². The molecule has 0 radical (unpaired) electrons. The Balaban J connectivity index is 0. The number of hydrogen-bond donors (Lipinski definition) is 2. The van der Waals surface area contributed by atoms with E-state index in [9.17, 15) is 9.59 Å². The van der Waals surface area contributed by atoms with Crippen LogP contribution in [0.1, 0.15) is 46.0 Å². The molecule has 26 heavy (non-hydrogen) atoms. The molecule has 0 aromatic heterocycles. The van der Waals surface area contributed by atoms with E-state index in [0.29, 0.717) is 5.57 Å². The molecule has 2 N–H and O–H groups in total. The molecule has 0 aromatic carbocycles. The van der Waals surface area contributed by atoms with Crippen LogP contribution >= 0.6 is 0 Å². The predicted octanol–water partition coefficient (Wildman–Crippen LogP) is 0.954. The molecule has 0 bridgehead atoms.